The van der Waals surface area contributed by atoms with Crippen molar-refractivity contribution in [3.05, 3.63) is 0 Å². The maximum Gasteiger partial charge on any atom is 0.310 e. The van der Waals surface area contributed by atoms with Gasteiger partial charge in [-0.2, -0.15) is 0 Å². The molecule has 3 atom stereocenters. The van der Waals surface area contributed by atoms with Crippen molar-refractivity contribution in [2.24, 2.45) is 5.92 Å². The molecule has 0 aromatic rings. The summed E-state index contributed by atoms with van der Waals surface area (Å²) in [7, 11) is 3.03. The molecule has 1 amide bonds. The van der Waals surface area contributed by atoms with Crippen molar-refractivity contribution < 1.29 is 19.1 Å². The minimum atomic E-state index is -0.288. The van der Waals surface area contributed by atoms with E-state index in [0.717, 1.165) is 12.8 Å². The molecule has 0 radical (unpaired) electrons. The standard InChI is InChI=1S/C12H19NO4/c1-8(14)13-10-4-5-12(13,7-16-2)6-9(10)11(15)17-3/h9-10H,4-7H2,1-3H3/t9-,10+,12-/m1/s1. The van der Waals surface area contributed by atoms with Crippen LogP contribution in [0.15, 0.2) is 0 Å². The van der Waals surface area contributed by atoms with Crippen LogP contribution in [-0.4, -0.2) is 49.2 Å². The summed E-state index contributed by atoms with van der Waals surface area (Å²) >= 11 is 0. The highest BCUT2D eigenvalue weighted by Crippen LogP contribution is 2.50. The summed E-state index contributed by atoms with van der Waals surface area (Å²) < 4.78 is 10.1. The SMILES string of the molecule is COC[C@@]12CC[C@@H]([C@H](C(=O)OC)C1)N2C(C)=O. The maximum absolute atomic E-state index is 11.8. The highest BCUT2D eigenvalue weighted by molar-refractivity contribution is 5.80. The van der Waals surface area contributed by atoms with Crippen molar-refractivity contribution >= 4 is 11.9 Å². The third-order valence-corrected chi connectivity index (χ3v) is 4.07. The van der Waals surface area contributed by atoms with E-state index in [-0.39, 0.29) is 29.4 Å². The summed E-state index contributed by atoms with van der Waals surface area (Å²) in [4.78, 5) is 25.3. The monoisotopic (exact) mass is 241 g/mol. The van der Waals surface area contributed by atoms with Gasteiger partial charge in [0.15, 0.2) is 0 Å². The van der Waals surface area contributed by atoms with Gasteiger partial charge in [0.1, 0.15) is 0 Å². The summed E-state index contributed by atoms with van der Waals surface area (Å²) in [5.74, 6) is -0.373. The molecule has 0 aliphatic carbocycles. The van der Waals surface area contributed by atoms with E-state index in [1.54, 1.807) is 14.0 Å². The Morgan fingerprint density at radius 1 is 1.41 bits per heavy atom. The predicted molar refractivity (Wildman–Crippen MR) is 60.3 cm³/mol. The Morgan fingerprint density at radius 3 is 2.65 bits per heavy atom. The lowest BCUT2D eigenvalue weighted by Gasteiger charge is -2.33. The summed E-state index contributed by atoms with van der Waals surface area (Å²) in [6, 6.07) is -0.00454. The molecule has 5 heteroatoms. The lowest BCUT2D eigenvalue weighted by atomic mass is 9.81. The third kappa shape index (κ3) is 1.73. The van der Waals surface area contributed by atoms with Gasteiger partial charge in [-0.05, 0) is 19.3 Å². The fraction of sp³-hybridized carbons (Fsp3) is 0.833. The number of carbonyl (C=O) groups excluding carboxylic acids is 2. The van der Waals surface area contributed by atoms with E-state index in [1.165, 1.54) is 7.11 Å². The van der Waals surface area contributed by atoms with Gasteiger partial charge in [-0.1, -0.05) is 0 Å². The van der Waals surface area contributed by atoms with E-state index < -0.39 is 0 Å². The average molecular weight is 241 g/mol. The Morgan fingerprint density at radius 2 is 2.12 bits per heavy atom. The van der Waals surface area contributed by atoms with Crippen molar-refractivity contribution in [2.75, 3.05) is 20.8 Å². The first-order chi connectivity index (χ1) is 8.05. The topological polar surface area (TPSA) is 55.8 Å². The zero-order chi connectivity index (χ0) is 12.6. The molecule has 2 rings (SSSR count). The van der Waals surface area contributed by atoms with Crippen LogP contribution < -0.4 is 0 Å². The Hall–Kier alpha value is -1.10. The Bertz CT molecular complexity index is 343. The van der Waals surface area contributed by atoms with Gasteiger partial charge < -0.3 is 14.4 Å². The normalized spacial score (nSPS) is 35.1. The van der Waals surface area contributed by atoms with E-state index >= 15 is 0 Å². The molecule has 0 unspecified atom stereocenters. The molecular weight excluding hydrogens is 222 g/mol. The maximum atomic E-state index is 11.8. The van der Waals surface area contributed by atoms with Gasteiger partial charge in [0, 0.05) is 20.1 Å². The lowest BCUT2D eigenvalue weighted by Crippen LogP contribution is -2.47. The van der Waals surface area contributed by atoms with E-state index in [0.29, 0.717) is 13.0 Å². The first-order valence-electron chi connectivity index (χ1n) is 5.92. The minimum absolute atomic E-state index is 0.00454. The fourth-order valence-electron chi connectivity index (χ4n) is 3.57. The quantitative estimate of drug-likeness (QED) is 0.678. The van der Waals surface area contributed by atoms with E-state index in [1.807, 2.05) is 4.90 Å². The first kappa shape index (κ1) is 12.4. The number of carbonyl (C=O) groups is 2. The Labute approximate surface area is 101 Å². The highest BCUT2D eigenvalue weighted by atomic mass is 16.5. The molecule has 0 spiro atoms. The molecule has 96 valence electrons. The highest BCUT2D eigenvalue weighted by Gasteiger charge is 2.59. The molecule has 2 bridgehead atoms. The third-order valence-electron chi connectivity index (χ3n) is 4.07. The fourth-order valence-corrected chi connectivity index (χ4v) is 3.57. The van der Waals surface area contributed by atoms with Crippen LogP contribution in [-0.2, 0) is 19.1 Å². The van der Waals surface area contributed by atoms with Crippen LogP contribution in [0.3, 0.4) is 0 Å². The molecule has 5 nitrogen and oxygen atoms in total. The number of amides is 1. The first-order valence-corrected chi connectivity index (χ1v) is 5.92. The van der Waals surface area contributed by atoms with Crippen molar-refractivity contribution in [1.82, 2.24) is 4.90 Å². The number of fused-ring (bicyclic) bond motifs is 2. The smallest absolute Gasteiger partial charge is 0.310 e. The molecule has 2 aliphatic rings. The second-order valence-electron chi connectivity index (χ2n) is 4.99. The summed E-state index contributed by atoms with van der Waals surface area (Å²) in [6.45, 7) is 2.05. The average Bonchev–Trinajstić information content (AvgIpc) is 2.80. The Kier molecular flexibility index (Phi) is 3.12. The summed E-state index contributed by atoms with van der Waals surface area (Å²) in [5.41, 5.74) is -0.288. The number of hydrogen-bond donors (Lipinski definition) is 0. The second kappa shape index (κ2) is 4.29. The largest absolute Gasteiger partial charge is 0.469 e. The van der Waals surface area contributed by atoms with Crippen LogP contribution in [0.2, 0.25) is 0 Å². The predicted octanol–water partition coefficient (Wildman–Crippen LogP) is 0.575. The van der Waals surface area contributed by atoms with Crippen LogP contribution in [0.4, 0.5) is 0 Å². The van der Waals surface area contributed by atoms with Crippen molar-refractivity contribution in [2.45, 2.75) is 37.8 Å². The molecule has 0 aromatic heterocycles. The number of nitrogens with zero attached hydrogens (tertiary/aromatic N) is 1. The molecule has 2 heterocycles. The van der Waals surface area contributed by atoms with E-state index in [9.17, 15) is 9.59 Å². The van der Waals surface area contributed by atoms with Crippen molar-refractivity contribution in [3.63, 3.8) is 0 Å². The molecular formula is C12H19NO4. The number of rotatable bonds is 3. The second-order valence-corrected chi connectivity index (χ2v) is 4.99. The van der Waals surface area contributed by atoms with Gasteiger partial charge in [0.05, 0.1) is 25.2 Å². The molecule has 2 aliphatic heterocycles. The van der Waals surface area contributed by atoms with Crippen molar-refractivity contribution in [3.8, 4) is 0 Å². The number of ether oxygens (including phenoxy) is 2. The number of hydrogen-bond acceptors (Lipinski definition) is 4. The molecule has 0 N–H and O–H groups in total. The molecule has 17 heavy (non-hydrogen) atoms. The van der Waals surface area contributed by atoms with Gasteiger partial charge in [0.25, 0.3) is 0 Å². The van der Waals surface area contributed by atoms with Gasteiger partial charge >= 0.3 is 5.97 Å². The van der Waals surface area contributed by atoms with E-state index in [4.69, 9.17) is 9.47 Å². The van der Waals surface area contributed by atoms with Crippen LogP contribution in [0, 0.1) is 5.92 Å². The van der Waals surface area contributed by atoms with Crippen LogP contribution in [0.1, 0.15) is 26.2 Å². The van der Waals surface area contributed by atoms with Crippen molar-refractivity contribution in [1.29, 1.82) is 0 Å². The van der Waals surface area contributed by atoms with Crippen LogP contribution in [0.25, 0.3) is 0 Å². The lowest BCUT2D eigenvalue weighted by molar-refractivity contribution is -0.146. The molecule has 0 aromatic carbocycles. The summed E-state index contributed by atoms with van der Waals surface area (Å²) in [6.07, 6.45) is 2.44. The number of methoxy groups -OCH3 is 2. The Balaban J connectivity index is 2.27. The van der Waals surface area contributed by atoms with E-state index in [2.05, 4.69) is 0 Å². The van der Waals surface area contributed by atoms with Gasteiger partial charge in [0.2, 0.25) is 5.91 Å². The van der Waals surface area contributed by atoms with Gasteiger partial charge in [-0.15, -0.1) is 0 Å². The minimum Gasteiger partial charge on any atom is -0.469 e. The van der Waals surface area contributed by atoms with Gasteiger partial charge in [-0.3, -0.25) is 9.59 Å². The molecule has 0 saturated carbocycles. The molecule has 2 fully saturated rings. The van der Waals surface area contributed by atoms with Crippen LogP contribution >= 0.6 is 0 Å². The summed E-state index contributed by atoms with van der Waals surface area (Å²) in [5, 5.41) is 0. The van der Waals surface area contributed by atoms with Gasteiger partial charge in [-0.25, -0.2) is 0 Å². The zero-order valence-electron chi connectivity index (χ0n) is 10.6. The van der Waals surface area contributed by atoms with Crippen LogP contribution in [0.5, 0.6) is 0 Å². The number of esters is 1. The molecule has 2 saturated heterocycles. The zero-order valence-corrected chi connectivity index (χ0v) is 10.6.